The van der Waals surface area contributed by atoms with Crippen LogP contribution < -0.4 is 5.32 Å². The summed E-state index contributed by atoms with van der Waals surface area (Å²) >= 11 is 0. The molecule has 0 saturated heterocycles. The van der Waals surface area contributed by atoms with E-state index in [9.17, 15) is 0 Å². The van der Waals surface area contributed by atoms with E-state index in [2.05, 4.69) is 58.4 Å². The Morgan fingerprint density at radius 3 is 2.76 bits per heavy atom. The minimum atomic E-state index is 0.859. The maximum absolute atomic E-state index is 4.52. The highest BCUT2D eigenvalue weighted by molar-refractivity contribution is 5.81. The van der Waals surface area contributed by atoms with Gasteiger partial charge >= 0.3 is 0 Å². The van der Waals surface area contributed by atoms with Gasteiger partial charge in [0.2, 0.25) is 0 Å². The van der Waals surface area contributed by atoms with Gasteiger partial charge in [-0.05, 0) is 48.7 Å². The minimum absolute atomic E-state index is 0.859. The van der Waals surface area contributed by atoms with Gasteiger partial charge in [0.1, 0.15) is 0 Å². The van der Waals surface area contributed by atoms with Gasteiger partial charge in [-0.1, -0.05) is 13.0 Å². The first-order valence-electron chi connectivity index (χ1n) is 7.45. The largest absolute Gasteiger partial charge is 0.341 e. The number of nitrogens with one attached hydrogen (secondary N) is 1. The van der Waals surface area contributed by atoms with Crippen molar-refractivity contribution in [2.45, 2.75) is 26.4 Å². The lowest BCUT2D eigenvalue weighted by atomic mass is 10.1. The molecule has 21 heavy (non-hydrogen) atoms. The fraction of sp³-hybridized carbons (Fsp3) is 0.353. The molecule has 2 heterocycles. The quantitative estimate of drug-likeness (QED) is 0.781. The Morgan fingerprint density at radius 1 is 1.19 bits per heavy atom. The van der Waals surface area contributed by atoms with Crippen LogP contribution in [0.1, 0.15) is 23.9 Å². The van der Waals surface area contributed by atoms with Gasteiger partial charge in [0.25, 0.3) is 0 Å². The molecule has 1 N–H and O–H groups in total. The van der Waals surface area contributed by atoms with Crippen molar-refractivity contribution in [3.8, 4) is 0 Å². The number of rotatable bonds is 5. The molecule has 0 fully saturated rings. The van der Waals surface area contributed by atoms with Gasteiger partial charge in [0.05, 0.1) is 17.9 Å². The Balaban J connectivity index is 1.91. The lowest BCUT2D eigenvalue weighted by Crippen LogP contribution is -2.05. The normalized spacial score (nSPS) is 11.4. The van der Waals surface area contributed by atoms with Gasteiger partial charge in [0.15, 0.2) is 0 Å². The highest BCUT2D eigenvalue weighted by Gasteiger charge is 2.07. The second-order valence-corrected chi connectivity index (χ2v) is 5.47. The second-order valence-electron chi connectivity index (χ2n) is 5.47. The van der Waals surface area contributed by atoms with Gasteiger partial charge in [-0.25, -0.2) is 0 Å². The summed E-state index contributed by atoms with van der Waals surface area (Å²) < 4.78 is 4.27. The SMILES string of the molecule is CCc1cc(Cn2ccc3cc(CNC)ccc32)n(C)n1. The third-order valence-corrected chi connectivity index (χ3v) is 3.94. The molecule has 3 rings (SSSR count). The van der Waals surface area contributed by atoms with E-state index in [-0.39, 0.29) is 0 Å². The summed E-state index contributed by atoms with van der Waals surface area (Å²) in [5, 5.41) is 9.01. The Labute approximate surface area is 125 Å². The zero-order chi connectivity index (χ0) is 14.8. The molecule has 110 valence electrons. The fourth-order valence-electron chi connectivity index (χ4n) is 2.77. The molecular weight excluding hydrogens is 260 g/mol. The number of aromatic nitrogens is 3. The molecule has 0 radical (unpaired) electrons. The molecule has 2 aromatic heterocycles. The predicted molar refractivity (Wildman–Crippen MR) is 86.4 cm³/mol. The van der Waals surface area contributed by atoms with Gasteiger partial charge in [-0.15, -0.1) is 0 Å². The zero-order valence-electron chi connectivity index (χ0n) is 12.9. The summed E-state index contributed by atoms with van der Waals surface area (Å²) in [6.07, 6.45) is 3.14. The van der Waals surface area contributed by atoms with Gasteiger partial charge in [0, 0.05) is 25.3 Å². The molecule has 0 aliphatic carbocycles. The molecule has 0 aliphatic rings. The molecule has 3 aromatic rings. The van der Waals surface area contributed by atoms with E-state index in [1.807, 2.05) is 18.8 Å². The minimum Gasteiger partial charge on any atom is -0.341 e. The van der Waals surface area contributed by atoms with Crippen LogP contribution in [0.2, 0.25) is 0 Å². The average Bonchev–Trinajstić information content (AvgIpc) is 3.04. The van der Waals surface area contributed by atoms with Crippen molar-refractivity contribution in [3.63, 3.8) is 0 Å². The van der Waals surface area contributed by atoms with E-state index in [4.69, 9.17) is 0 Å². The van der Waals surface area contributed by atoms with Crippen LogP contribution in [0.15, 0.2) is 36.5 Å². The Kier molecular flexibility index (Phi) is 3.80. The van der Waals surface area contributed by atoms with Crippen LogP contribution in [-0.2, 0) is 26.6 Å². The molecular formula is C17H22N4. The van der Waals surface area contributed by atoms with Crippen LogP contribution in [0.3, 0.4) is 0 Å². The fourth-order valence-corrected chi connectivity index (χ4v) is 2.77. The first-order valence-corrected chi connectivity index (χ1v) is 7.45. The third-order valence-electron chi connectivity index (χ3n) is 3.94. The van der Waals surface area contributed by atoms with Crippen LogP contribution in [0, 0.1) is 0 Å². The van der Waals surface area contributed by atoms with E-state index < -0.39 is 0 Å². The first kappa shape index (κ1) is 13.9. The number of fused-ring (bicyclic) bond motifs is 1. The van der Waals surface area contributed by atoms with Crippen LogP contribution in [0.4, 0.5) is 0 Å². The van der Waals surface area contributed by atoms with Gasteiger partial charge < -0.3 is 9.88 Å². The maximum Gasteiger partial charge on any atom is 0.0645 e. The molecule has 1 aromatic carbocycles. The van der Waals surface area contributed by atoms with Crippen LogP contribution >= 0.6 is 0 Å². The Morgan fingerprint density at radius 2 is 2.05 bits per heavy atom. The summed E-state index contributed by atoms with van der Waals surface area (Å²) in [7, 11) is 3.99. The van der Waals surface area contributed by atoms with E-state index in [1.54, 1.807) is 0 Å². The summed E-state index contributed by atoms with van der Waals surface area (Å²) in [6, 6.07) is 11.0. The third kappa shape index (κ3) is 2.72. The molecule has 0 saturated carbocycles. The van der Waals surface area contributed by atoms with Crippen LogP contribution in [0.25, 0.3) is 10.9 Å². The van der Waals surface area contributed by atoms with Crippen molar-refractivity contribution in [1.82, 2.24) is 19.7 Å². The molecule has 4 heteroatoms. The predicted octanol–water partition coefficient (Wildman–Crippen LogP) is 2.70. The number of hydrogen-bond acceptors (Lipinski definition) is 2. The highest BCUT2D eigenvalue weighted by Crippen LogP contribution is 2.19. The number of benzene rings is 1. The van der Waals surface area contributed by atoms with E-state index in [0.717, 1.165) is 25.2 Å². The number of aryl methyl sites for hydroxylation is 2. The lowest BCUT2D eigenvalue weighted by Gasteiger charge is -2.07. The van der Waals surface area contributed by atoms with Crippen molar-refractivity contribution >= 4 is 10.9 Å². The second kappa shape index (κ2) is 5.74. The smallest absolute Gasteiger partial charge is 0.0645 e. The van der Waals surface area contributed by atoms with E-state index in [1.165, 1.54) is 22.2 Å². The standard InChI is InChI=1S/C17H22N4/c1-4-15-10-16(20(3)19-15)12-21-8-7-14-9-13(11-18-2)5-6-17(14)21/h5-10,18H,4,11-12H2,1-3H3. The average molecular weight is 282 g/mol. The summed E-state index contributed by atoms with van der Waals surface area (Å²) in [4.78, 5) is 0. The van der Waals surface area contributed by atoms with E-state index >= 15 is 0 Å². The van der Waals surface area contributed by atoms with Crippen molar-refractivity contribution in [2.24, 2.45) is 7.05 Å². The molecule has 0 spiro atoms. The van der Waals surface area contributed by atoms with Crippen molar-refractivity contribution in [2.75, 3.05) is 7.05 Å². The van der Waals surface area contributed by atoms with Gasteiger partial charge in [-0.3, -0.25) is 4.68 Å². The molecule has 0 unspecified atom stereocenters. The van der Waals surface area contributed by atoms with Crippen LogP contribution in [0.5, 0.6) is 0 Å². The topological polar surface area (TPSA) is 34.8 Å². The maximum atomic E-state index is 4.52. The monoisotopic (exact) mass is 282 g/mol. The van der Waals surface area contributed by atoms with Gasteiger partial charge in [-0.2, -0.15) is 5.10 Å². The van der Waals surface area contributed by atoms with Crippen molar-refractivity contribution in [3.05, 3.63) is 53.5 Å². The lowest BCUT2D eigenvalue weighted by molar-refractivity contribution is 0.669. The first-order chi connectivity index (χ1) is 10.2. The zero-order valence-corrected chi connectivity index (χ0v) is 12.9. The van der Waals surface area contributed by atoms with Crippen molar-refractivity contribution < 1.29 is 0 Å². The molecule has 0 bridgehead atoms. The molecule has 0 aliphatic heterocycles. The molecule has 0 atom stereocenters. The molecule has 4 nitrogen and oxygen atoms in total. The molecule has 0 amide bonds. The number of nitrogens with zero attached hydrogens (tertiary/aromatic N) is 3. The summed E-state index contributed by atoms with van der Waals surface area (Å²) in [5.41, 5.74) is 4.98. The summed E-state index contributed by atoms with van der Waals surface area (Å²) in [5.74, 6) is 0. The highest BCUT2D eigenvalue weighted by atomic mass is 15.3. The Hall–Kier alpha value is -2.07. The number of hydrogen-bond donors (Lipinski definition) is 1. The Bertz CT molecular complexity index is 751. The van der Waals surface area contributed by atoms with Crippen molar-refractivity contribution in [1.29, 1.82) is 0 Å². The van der Waals surface area contributed by atoms with Crippen LogP contribution in [-0.4, -0.2) is 21.4 Å². The van der Waals surface area contributed by atoms with E-state index in [0.29, 0.717) is 0 Å². The summed E-state index contributed by atoms with van der Waals surface area (Å²) in [6.45, 7) is 3.90.